The Hall–Kier alpha value is -2.66. The zero-order valence-electron chi connectivity index (χ0n) is 44.0. The monoisotopic (exact) mass is 921 g/mol. The number of allylic oxidation sites excluding steroid dienone is 12. The molecule has 0 aromatic carbocycles. The summed E-state index contributed by atoms with van der Waals surface area (Å²) < 4.78 is 17.4. The van der Waals surface area contributed by atoms with Crippen LogP contribution in [0.15, 0.2) is 72.9 Å². The molecule has 0 spiro atoms. The largest absolute Gasteiger partial charge is 0.462 e. The first kappa shape index (κ1) is 63.3. The Morgan fingerprint density at radius 2 is 0.712 bits per heavy atom. The average Bonchev–Trinajstić information content (AvgIpc) is 3.32. The molecule has 0 N–H and O–H groups in total. The molecule has 0 aromatic rings. The van der Waals surface area contributed by atoms with Crippen LogP contribution in [0.2, 0.25) is 0 Å². The lowest BCUT2D eigenvalue weighted by Gasteiger charge is -2.18. The molecule has 0 aromatic heterocycles. The molecule has 66 heavy (non-hydrogen) atoms. The lowest BCUT2D eigenvalue weighted by atomic mass is 10.1. The average molecular weight is 922 g/mol. The SMILES string of the molecule is CC/C=C\C/C=C\C/C=C\C/C=C\CCC(=O)OC(COCCCCCCCCCCCC/C=C\CCCCCCCC)COC(=O)CCCCCCCCC/C=C\CCCCCCCC. The number of hydrogen-bond donors (Lipinski definition) is 0. The van der Waals surface area contributed by atoms with E-state index >= 15 is 0 Å². The van der Waals surface area contributed by atoms with Gasteiger partial charge in [-0.1, -0.05) is 241 Å². The van der Waals surface area contributed by atoms with Gasteiger partial charge in [-0.3, -0.25) is 9.59 Å². The molecule has 1 unspecified atom stereocenters. The summed E-state index contributed by atoms with van der Waals surface area (Å²) >= 11 is 0. The maximum absolute atomic E-state index is 12.8. The van der Waals surface area contributed by atoms with Crippen molar-refractivity contribution in [3.63, 3.8) is 0 Å². The Bertz CT molecular complexity index is 1180. The van der Waals surface area contributed by atoms with Crippen LogP contribution in [0.1, 0.15) is 278 Å². The lowest BCUT2D eigenvalue weighted by Crippen LogP contribution is -2.30. The summed E-state index contributed by atoms with van der Waals surface area (Å²) in [6.45, 7) is 7.65. The van der Waals surface area contributed by atoms with Crippen LogP contribution in [0.5, 0.6) is 0 Å². The molecule has 0 aliphatic rings. The second kappa shape index (κ2) is 56.7. The number of ether oxygens (including phenoxy) is 3. The first-order chi connectivity index (χ1) is 32.6. The van der Waals surface area contributed by atoms with Crippen LogP contribution >= 0.6 is 0 Å². The van der Waals surface area contributed by atoms with E-state index in [4.69, 9.17) is 14.2 Å². The summed E-state index contributed by atoms with van der Waals surface area (Å²) in [5, 5.41) is 0. The summed E-state index contributed by atoms with van der Waals surface area (Å²) in [7, 11) is 0. The van der Waals surface area contributed by atoms with Gasteiger partial charge >= 0.3 is 11.9 Å². The molecule has 0 radical (unpaired) electrons. The van der Waals surface area contributed by atoms with Crippen molar-refractivity contribution in [3.05, 3.63) is 72.9 Å². The maximum Gasteiger partial charge on any atom is 0.306 e. The van der Waals surface area contributed by atoms with Crippen molar-refractivity contribution in [2.45, 2.75) is 284 Å². The minimum atomic E-state index is -0.578. The smallest absolute Gasteiger partial charge is 0.306 e. The molecule has 382 valence electrons. The Morgan fingerprint density at radius 1 is 0.348 bits per heavy atom. The molecule has 0 heterocycles. The highest BCUT2D eigenvalue weighted by Crippen LogP contribution is 2.15. The number of carbonyl (C=O) groups excluding carboxylic acids is 2. The van der Waals surface area contributed by atoms with Crippen LogP contribution in [-0.4, -0.2) is 37.9 Å². The normalized spacial score (nSPS) is 12.7. The number of esters is 2. The first-order valence-electron chi connectivity index (χ1n) is 28.5. The Labute approximate surface area is 410 Å². The van der Waals surface area contributed by atoms with E-state index in [9.17, 15) is 9.59 Å². The predicted molar refractivity (Wildman–Crippen MR) is 288 cm³/mol. The van der Waals surface area contributed by atoms with E-state index in [1.165, 1.54) is 180 Å². The van der Waals surface area contributed by atoms with Gasteiger partial charge in [-0.15, -0.1) is 0 Å². The highest BCUT2D eigenvalue weighted by Gasteiger charge is 2.17. The third kappa shape index (κ3) is 54.0. The van der Waals surface area contributed by atoms with Crippen molar-refractivity contribution in [3.8, 4) is 0 Å². The highest BCUT2D eigenvalue weighted by atomic mass is 16.6. The van der Waals surface area contributed by atoms with Gasteiger partial charge in [0.1, 0.15) is 6.61 Å². The van der Waals surface area contributed by atoms with Gasteiger partial charge in [0.2, 0.25) is 0 Å². The van der Waals surface area contributed by atoms with Crippen LogP contribution < -0.4 is 0 Å². The molecule has 5 nitrogen and oxygen atoms in total. The molecule has 0 fully saturated rings. The van der Waals surface area contributed by atoms with Crippen molar-refractivity contribution in [1.82, 2.24) is 0 Å². The van der Waals surface area contributed by atoms with Crippen molar-refractivity contribution in [2.75, 3.05) is 19.8 Å². The summed E-state index contributed by atoms with van der Waals surface area (Å²) in [5.41, 5.74) is 0. The van der Waals surface area contributed by atoms with Gasteiger partial charge in [-0.2, -0.15) is 0 Å². The van der Waals surface area contributed by atoms with Gasteiger partial charge in [0.25, 0.3) is 0 Å². The molecule has 0 saturated heterocycles. The summed E-state index contributed by atoms with van der Waals surface area (Å²) in [4.78, 5) is 25.4. The topological polar surface area (TPSA) is 61.8 Å². The lowest BCUT2D eigenvalue weighted by molar-refractivity contribution is -0.162. The quantitative estimate of drug-likeness (QED) is 0.0346. The van der Waals surface area contributed by atoms with Gasteiger partial charge in [0.05, 0.1) is 6.61 Å². The van der Waals surface area contributed by atoms with Crippen LogP contribution in [0.25, 0.3) is 0 Å². The summed E-state index contributed by atoms with van der Waals surface area (Å²) in [6, 6.07) is 0. The van der Waals surface area contributed by atoms with E-state index < -0.39 is 6.10 Å². The van der Waals surface area contributed by atoms with Crippen molar-refractivity contribution < 1.29 is 23.8 Å². The Balaban J connectivity index is 4.29. The maximum atomic E-state index is 12.8. The second-order valence-corrected chi connectivity index (χ2v) is 18.8. The molecule has 0 rings (SSSR count). The standard InChI is InChI=1S/C61H108O5/c1-4-7-10-13-16-19-22-25-27-29-30-31-33-35-38-41-44-47-50-53-56-64-57-59(66-61(63)55-52-49-46-43-40-36-24-21-18-15-12-9-6-3)58-65-60(62)54-51-48-45-42-39-37-34-32-28-26-23-20-17-14-11-8-5-2/h9,12,18,21,25-28,36,40,46,49,59H,4-8,10-11,13-17,19-20,22-24,29-35,37-39,41-45,47-48,50-58H2,1-3H3/b12-9-,21-18-,27-25-,28-26-,40-36-,49-46-. The molecule has 5 heteroatoms. The molecule has 0 amide bonds. The van der Waals surface area contributed by atoms with Crippen molar-refractivity contribution >= 4 is 11.9 Å². The van der Waals surface area contributed by atoms with Crippen LogP contribution in [0, 0.1) is 0 Å². The highest BCUT2D eigenvalue weighted by molar-refractivity contribution is 5.70. The fourth-order valence-electron chi connectivity index (χ4n) is 7.98. The fraction of sp³-hybridized carbons (Fsp3) is 0.770. The first-order valence-corrected chi connectivity index (χ1v) is 28.5. The second-order valence-electron chi connectivity index (χ2n) is 18.8. The molecular weight excluding hydrogens is 813 g/mol. The number of carbonyl (C=O) groups is 2. The minimum absolute atomic E-state index is 0.0535. The van der Waals surface area contributed by atoms with Gasteiger partial charge in [-0.25, -0.2) is 0 Å². The van der Waals surface area contributed by atoms with Gasteiger partial charge in [0, 0.05) is 19.4 Å². The minimum Gasteiger partial charge on any atom is -0.462 e. The molecule has 1 atom stereocenters. The van der Waals surface area contributed by atoms with E-state index in [1.807, 2.05) is 6.08 Å². The van der Waals surface area contributed by atoms with Gasteiger partial charge in [0.15, 0.2) is 6.10 Å². The van der Waals surface area contributed by atoms with Crippen molar-refractivity contribution in [1.29, 1.82) is 0 Å². The number of hydrogen-bond acceptors (Lipinski definition) is 5. The summed E-state index contributed by atoms with van der Waals surface area (Å²) in [5.74, 6) is -0.489. The van der Waals surface area contributed by atoms with Crippen LogP contribution in [0.3, 0.4) is 0 Å². The van der Waals surface area contributed by atoms with Crippen molar-refractivity contribution in [2.24, 2.45) is 0 Å². The Morgan fingerprint density at radius 3 is 1.15 bits per heavy atom. The molecular formula is C61H108O5. The molecule has 0 aliphatic heterocycles. The van der Waals surface area contributed by atoms with Gasteiger partial charge in [-0.05, 0) is 96.3 Å². The van der Waals surface area contributed by atoms with Crippen LogP contribution in [0.4, 0.5) is 0 Å². The zero-order chi connectivity index (χ0) is 47.7. The molecule has 0 saturated carbocycles. The predicted octanol–water partition coefficient (Wildman–Crippen LogP) is 19.5. The van der Waals surface area contributed by atoms with E-state index in [0.29, 0.717) is 25.9 Å². The molecule has 0 aliphatic carbocycles. The third-order valence-electron chi connectivity index (χ3n) is 12.2. The van der Waals surface area contributed by atoms with E-state index in [2.05, 4.69) is 87.6 Å². The third-order valence-corrected chi connectivity index (χ3v) is 12.2. The van der Waals surface area contributed by atoms with E-state index in [-0.39, 0.29) is 25.2 Å². The number of rotatable bonds is 52. The zero-order valence-corrected chi connectivity index (χ0v) is 44.0. The van der Waals surface area contributed by atoms with E-state index in [1.54, 1.807) is 0 Å². The summed E-state index contributed by atoms with van der Waals surface area (Å²) in [6.07, 6.45) is 73.7. The fourth-order valence-corrected chi connectivity index (χ4v) is 7.98. The van der Waals surface area contributed by atoms with Gasteiger partial charge < -0.3 is 14.2 Å². The molecule has 0 bridgehead atoms. The number of unbranched alkanes of at least 4 members (excludes halogenated alkanes) is 29. The van der Waals surface area contributed by atoms with E-state index in [0.717, 1.165) is 57.8 Å². The van der Waals surface area contributed by atoms with Crippen LogP contribution in [-0.2, 0) is 23.8 Å². The Kier molecular flexibility index (Phi) is 54.4.